The van der Waals surface area contributed by atoms with Crippen LogP contribution in [0.5, 0.6) is 0 Å². The Bertz CT molecular complexity index is 298. The summed E-state index contributed by atoms with van der Waals surface area (Å²) in [7, 11) is 0. The summed E-state index contributed by atoms with van der Waals surface area (Å²) in [4.78, 5) is 0. The third kappa shape index (κ3) is 4.45. The highest BCUT2D eigenvalue weighted by Gasteiger charge is 2.18. The Balaban J connectivity index is 0.000000583. The van der Waals surface area contributed by atoms with E-state index in [-0.39, 0.29) is 6.61 Å². The monoisotopic (exact) mass is 210 g/mol. The molecule has 2 nitrogen and oxygen atoms in total. The summed E-state index contributed by atoms with van der Waals surface area (Å²) >= 11 is 0. The van der Waals surface area contributed by atoms with Gasteiger partial charge in [-0.15, -0.1) is 0 Å². The van der Waals surface area contributed by atoms with E-state index in [0.29, 0.717) is 0 Å². The van der Waals surface area contributed by atoms with Crippen LogP contribution in [0.25, 0.3) is 0 Å². The molecular weight excluding hydrogens is 188 g/mol. The van der Waals surface area contributed by atoms with Crippen LogP contribution in [0.2, 0.25) is 0 Å². The van der Waals surface area contributed by atoms with Gasteiger partial charge in [0.1, 0.15) is 0 Å². The lowest BCUT2D eigenvalue weighted by molar-refractivity contribution is 0.0778. The van der Waals surface area contributed by atoms with Crippen molar-refractivity contribution in [2.75, 3.05) is 6.61 Å². The fourth-order valence-electron chi connectivity index (χ4n) is 1.41. The molecule has 0 heterocycles. The van der Waals surface area contributed by atoms with Gasteiger partial charge in [-0.3, -0.25) is 0 Å². The van der Waals surface area contributed by atoms with Crippen LogP contribution in [0.15, 0.2) is 18.2 Å². The Hall–Kier alpha value is -0.860. The number of hydrogen-bond acceptors (Lipinski definition) is 2. The van der Waals surface area contributed by atoms with Gasteiger partial charge in [-0.1, -0.05) is 18.2 Å². The van der Waals surface area contributed by atoms with Gasteiger partial charge >= 0.3 is 0 Å². The van der Waals surface area contributed by atoms with Crippen molar-refractivity contribution in [2.24, 2.45) is 0 Å². The van der Waals surface area contributed by atoms with Crippen molar-refractivity contribution in [1.82, 2.24) is 0 Å². The van der Waals surface area contributed by atoms with Crippen molar-refractivity contribution >= 4 is 0 Å². The second kappa shape index (κ2) is 5.89. The van der Waals surface area contributed by atoms with Gasteiger partial charge in [0.2, 0.25) is 0 Å². The molecule has 2 heteroatoms. The van der Waals surface area contributed by atoms with E-state index in [4.69, 9.17) is 5.11 Å². The van der Waals surface area contributed by atoms with Crippen molar-refractivity contribution in [3.05, 3.63) is 34.9 Å². The second-order valence-corrected chi connectivity index (χ2v) is 4.12. The van der Waals surface area contributed by atoms with E-state index in [2.05, 4.69) is 13.0 Å². The molecule has 0 spiro atoms. The standard InChI is InChI=1S/C11H16O.C2H6O/c1-8-6-5-7-10(9(8)2)11(3,4)12;1-2-3/h5-7,12H,1-4H3;3H,2H2,1H3. The Morgan fingerprint density at radius 3 is 2.00 bits per heavy atom. The molecule has 1 aromatic rings. The SMILES string of the molecule is CCO.Cc1cccc(C(C)(C)O)c1C. The van der Waals surface area contributed by atoms with Crippen LogP contribution in [-0.2, 0) is 5.60 Å². The Labute approximate surface area is 92.6 Å². The summed E-state index contributed by atoms with van der Waals surface area (Å²) in [5, 5.41) is 17.4. The van der Waals surface area contributed by atoms with Crippen LogP contribution < -0.4 is 0 Å². The van der Waals surface area contributed by atoms with Crippen molar-refractivity contribution in [1.29, 1.82) is 0 Å². The molecule has 0 saturated carbocycles. The van der Waals surface area contributed by atoms with Gasteiger partial charge in [0, 0.05) is 6.61 Å². The number of aliphatic hydroxyl groups is 2. The van der Waals surface area contributed by atoms with Crippen LogP contribution in [0.3, 0.4) is 0 Å². The van der Waals surface area contributed by atoms with Gasteiger partial charge in [-0.25, -0.2) is 0 Å². The maximum absolute atomic E-state index is 9.79. The summed E-state index contributed by atoms with van der Waals surface area (Å²) in [5.74, 6) is 0. The van der Waals surface area contributed by atoms with E-state index >= 15 is 0 Å². The average molecular weight is 210 g/mol. The summed E-state index contributed by atoms with van der Waals surface area (Å²) in [6, 6.07) is 6.02. The lowest BCUT2D eigenvalue weighted by Crippen LogP contribution is -2.17. The molecule has 2 N–H and O–H groups in total. The lowest BCUT2D eigenvalue weighted by Gasteiger charge is -2.21. The lowest BCUT2D eigenvalue weighted by atomic mass is 9.91. The predicted molar refractivity (Wildman–Crippen MR) is 63.9 cm³/mol. The van der Waals surface area contributed by atoms with E-state index in [1.54, 1.807) is 6.92 Å². The summed E-state index contributed by atoms with van der Waals surface area (Å²) in [6.07, 6.45) is 0. The Morgan fingerprint density at radius 2 is 1.67 bits per heavy atom. The Kier molecular flexibility index (Phi) is 5.55. The molecule has 0 bridgehead atoms. The molecule has 0 aliphatic rings. The largest absolute Gasteiger partial charge is 0.397 e. The van der Waals surface area contributed by atoms with Crippen LogP contribution in [0.1, 0.15) is 37.5 Å². The van der Waals surface area contributed by atoms with E-state index < -0.39 is 5.60 Å². The zero-order valence-electron chi connectivity index (χ0n) is 10.3. The van der Waals surface area contributed by atoms with E-state index in [0.717, 1.165) is 5.56 Å². The number of hydrogen-bond donors (Lipinski definition) is 2. The molecule has 1 rings (SSSR count). The zero-order valence-corrected chi connectivity index (χ0v) is 10.3. The third-order valence-corrected chi connectivity index (χ3v) is 2.26. The van der Waals surface area contributed by atoms with Crippen LogP contribution in [0.4, 0.5) is 0 Å². The van der Waals surface area contributed by atoms with Crippen LogP contribution >= 0.6 is 0 Å². The smallest absolute Gasteiger partial charge is 0.0843 e. The van der Waals surface area contributed by atoms with E-state index in [1.807, 2.05) is 32.9 Å². The summed E-state index contributed by atoms with van der Waals surface area (Å²) in [5.41, 5.74) is 2.71. The highest BCUT2D eigenvalue weighted by molar-refractivity contribution is 5.36. The molecule has 0 aliphatic carbocycles. The number of benzene rings is 1. The quantitative estimate of drug-likeness (QED) is 0.747. The molecule has 0 aromatic heterocycles. The maximum Gasteiger partial charge on any atom is 0.0843 e. The molecule has 0 atom stereocenters. The van der Waals surface area contributed by atoms with Gasteiger partial charge in [0.25, 0.3) is 0 Å². The number of rotatable bonds is 1. The summed E-state index contributed by atoms with van der Waals surface area (Å²) < 4.78 is 0. The average Bonchev–Trinajstić information content (AvgIpc) is 2.09. The van der Waals surface area contributed by atoms with Gasteiger partial charge in [-0.05, 0) is 51.3 Å². The molecule has 0 aliphatic heterocycles. The first-order valence-electron chi connectivity index (χ1n) is 5.24. The molecular formula is C13H22O2. The van der Waals surface area contributed by atoms with E-state index in [9.17, 15) is 5.11 Å². The first-order chi connectivity index (χ1) is 6.84. The van der Waals surface area contributed by atoms with Crippen molar-refractivity contribution in [3.8, 4) is 0 Å². The van der Waals surface area contributed by atoms with Gasteiger partial charge in [-0.2, -0.15) is 0 Å². The van der Waals surface area contributed by atoms with Crippen molar-refractivity contribution < 1.29 is 10.2 Å². The topological polar surface area (TPSA) is 40.5 Å². The highest BCUT2D eigenvalue weighted by Crippen LogP contribution is 2.24. The molecule has 1 aromatic carbocycles. The molecule has 0 amide bonds. The molecule has 0 radical (unpaired) electrons. The Morgan fingerprint density at radius 1 is 1.20 bits per heavy atom. The van der Waals surface area contributed by atoms with Gasteiger partial charge in [0.15, 0.2) is 0 Å². The molecule has 15 heavy (non-hydrogen) atoms. The van der Waals surface area contributed by atoms with Crippen molar-refractivity contribution in [2.45, 2.75) is 40.2 Å². The first kappa shape index (κ1) is 14.1. The number of aryl methyl sites for hydroxylation is 1. The zero-order chi connectivity index (χ0) is 12.1. The van der Waals surface area contributed by atoms with Gasteiger partial charge in [0.05, 0.1) is 5.60 Å². The minimum Gasteiger partial charge on any atom is -0.397 e. The predicted octanol–water partition coefficient (Wildman–Crippen LogP) is 2.53. The first-order valence-corrected chi connectivity index (χ1v) is 5.24. The van der Waals surface area contributed by atoms with Crippen LogP contribution in [-0.4, -0.2) is 16.8 Å². The molecule has 86 valence electrons. The minimum atomic E-state index is -0.726. The maximum atomic E-state index is 9.79. The van der Waals surface area contributed by atoms with Gasteiger partial charge < -0.3 is 10.2 Å². The van der Waals surface area contributed by atoms with E-state index in [1.165, 1.54) is 11.1 Å². The fourth-order valence-corrected chi connectivity index (χ4v) is 1.41. The van der Waals surface area contributed by atoms with Crippen LogP contribution in [0, 0.1) is 13.8 Å². The number of aliphatic hydroxyl groups excluding tert-OH is 1. The second-order valence-electron chi connectivity index (χ2n) is 4.12. The minimum absolute atomic E-state index is 0.250. The molecule has 0 saturated heterocycles. The highest BCUT2D eigenvalue weighted by atomic mass is 16.3. The molecule has 0 unspecified atom stereocenters. The summed E-state index contributed by atoms with van der Waals surface area (Å²) in [6.45, 7) is 9.66. The van der Waals surface area contributed by atoms with Crippen molar-refractivity contribution in [3.63, 3.8) is 0 Å². The third-order valence-electron chi connectivity index (χ3n) is 2.26. The fraction of sp³-hybridized carbons (Fsp3) is 0.538. The normalized spacial score (nSPS) is 10.6. The molecule has 0 fully saturated rings.